The Labute approximate surface area is 138 Å². The maximum absolute atomic E-state index is 12.6. The summed E-state index contributed by atoms with van der Waals surface area (Å²) in [5.41, 5.74) is 0. The molecule has 1 aliphatic rings. The summed E-state index contributed by atoms with van der Waals surface area (Å²) in [6.45, 7) is 4.60. The van der Waals surface area contributed by atoms with Gasteiger partial charge in [0.1, 0.15) is 5.75 Å². The Kier molecular flexibility index (Phi) is 6.12. The maximum atomic E-state index is 12.6. The summed E-state index contributed by atoms with van der Waals surface area (Å²) in [4.78, 5) is 0.209. The quantitative estimate of drug-likeness (QED) is 0.848. The highest BCUT2D eigenvalue weighted by Crippen LogP contribution is 2.29. The molecule has 0 heterocycles. The SMILES string of the molecule is CCCOc1cc(S(=O)(=O)N[C@H]2CCCC[C@@H]2C)ccc1Cl. The molecule has 2 atom stereocenters. The van der Waals surface area contributed by atoms with Crippen LogP contribution in [0.1, 0.15) is 46.0 Å². The fraction of sp³-hybridized carbons (Fsp3) is 0.625. The first-order chi connectivity index (χ1) is 10.4. The molecule has 0 unspecified atom stereocenters. The Morgan fingerprint density at radius 1 is 1.32 bits per heavy atom. The summed E-state index contributed by atoms with van der Waals surface area (Å²) in [6.07, 6.45) is 5.05. The molecule has 6 heteroatoms. The van der Waals surface area contributed by atoms with E-state index in [1.165, 1.54) is 18.6 Å². The molecule has 0 aliphatic heterocycles. The van der Waals surface area contributed by atoms with Crippen LogP contribution in [0.2, 0.25) is 5.02 Å². The molecule has 22 heavy (non-hydrogen) atoms. The van der Waals surface area contributed by atoms with Gasteiger partial charge >= 0.3 is 0 Å². The third kappa shape index (κ3) is 4.37. The summed E-state index contributed by atoms with van der Waals surface area (Å²) < 4.78 is 33.5. The first-order valence-corrected chi connectivity index (χ1v) is 9.75. The molecule has 2 rings (SSSR count). The fourth-order valence-corrected chi connectivity index (χ4v) is 4.30. The number of sulfonamides is 1. The van der Waals surface area contributed by atoms with Crippen molar-refractivity contribution in [2.24, 2.45) is 5.92 Å². The van der Waals surface area contributed by atoms with Crippen molar-refractivity contribution in [1.82, 2.24) is 4.72 Å². The van der Waals surface area contributed by atoms with Gasteiger partial charge in [-0.25, -0.2) is 13.1 Å². The average Bonchev–Trinajstić information content (AvgIpc) is 2.48. The lowest BCUT2D eigenvalue weighted by atomic mass is 9.87. The number of ether oxygens (including phenoxy) is 1. The summed E-state index contributed by atoms with van der Waals surface area (Å²) in [5.74, 6) is 0.787. The predicted molar refractivity (Wildman–Crippen MR) is 89.0 cm³/mol. The van der Waals surface area contributed by atoms with Gasteiger partial charge in [-0.15, -0.1) is 0 Å². The van der Waals surface area contributed by atoms with E-state index in [4.69, 9.17) is 16.3 Å². The largest absolute Gasteiger partial charge is 0.492 e. The van der Waals surface area contributed by atoms with Crippen molar-refractivity contribution in [3.63, 3.8) is 0 Å². The van der Waals surface area contributed by atoms with Gasteiger partial charge in [-0.3, -0.25) is 0 Å². The molecular formula is C16H24ClNO3S. The van der Waals surface area contributed by atoms with Gasteiger partial charge in [-0.1, -0.05) is 38.3 Å². The molecule has 0 bridgehead atoms. The first kappa shape index (κ1) is 17.6. The van der Waals surface area contributed by atoms with E-state index in [9.17, 15) is 8.42 Å². The minimum atomic E-state index is -3.55. The standard InChI is InChI=1S/C16H24ClNO3S/c1-3-10-21-16-11-13(8-9-14(16)17)22(19,20)18-15-7-5-4-6-12(15)2/h8-9,11-12,15,18H,3-7,10H2,1-2H3/t12-,15-/m0/s1. The third-order valence-corrected chi connectivity index (χ3v) is 5.89. The van der Waals surface area contributed by atoms with E-state index < -0.39 is 10.0 Å². The highest BCUT2D eigenvalue weighted by atomic mass is 35.5. The van der Waals surface area contributed by atoms with Gasteiger partial charge in [-0.05, 0) is 37.3 Å². The molecule has 0 spiro atoms. The molecule has 1 aromatic rings. The van der Waals surface area contributed by atoms with Crippen molar-refractivity contribution in [2.75, 3.05) is 6.61 Å². The van der Waals surface area contributed by atoms with E-state index in [1.54, 1.807) is 6.07 Å². The molecule has 0 aromatic heterocycles. The molecule has 0 amide bonds. The van der Waals surface area contributed by atoms with Crippen LogP contribution < -0.4 is 9.46 Å². The summed E-state index contributed by atoms with van der Waals surface area (Å²) in [5, 5.41) is 0.429. The normalized spacial score (nSPS) is 22.5. The summed E-state index contributed by atoms with van der Waals surface area (Å²) >= 11 is 6.06. The highest BCUT2D eigenvalue weighted by Gasteiger charge is 2.27. The van der Waals surface area contributed by atoms with E-state index in [1.807, 2.05) is 6.92 Å². The van der Waals surface area contributed by atoms with Crippen LogP contribution in [-0.2, 0) is 10.0 Å². The summed E-state index contributed by atoms with van der Waals surface area (Å²) in [7, 11) is -3.55. The molecule has 1 aromatic carbocycles. The second-order valence-electron chi connectivity index (χ2n) is 5.93. The number of halogens is 1. The van der Waals surface area contributed by atoms with E-state index in [2.05, 4.69) is 11.6 Å². The predicted octanol–water partition coefficient (Wildman–Crippen LogP) is 3.99. The van der Waals surface area contributed by atoms with Gasteiger partial charge in [0.2, 0.25) is 10.0 Å². The lowest BCUT2D eigenvalue weighted by Crippen LogP contribution is -2.40. The van der Waals surface area contributed by atoms with Crippen LogP contribution in [0.4, 0.5) is 0 Å². The molecule has 1 aliphatic carbocycles. The Hall–Kier alpha value is -0.780. The second kappa shape index (κ2) is 7.66. The van der Waals surface area contributed by atoms with Gasteiger partial charge in [0, 0.05) is 12.1 Å². The molecule has 0 saturated heterocycles. The number of nitrogens with one attached hydrogen (secondary N) is 1. The molecule has 1 saturated carbocycles. The molecule has 4 nitrogen and oxygen atoms in total. The van der Waals surface area contributed by atoms with Crippen molar-refractivity contribution >= 4 is 21.6 Å². The minimum absolute atomic E-state index is 0.00874. The average molecular weight is 346 g/mol. The number of rotatable bonds is 6. The lowest BCUT2D eigenvalue weighted by Gasteiger charge is -2.29. The van der Waals surface area contributed by atoms with Crippen molar-refractivity contribution < 1.29 is 13.2 Å². The van der Waals surface area contributed by atoms with Crippen LogP contribution in [-0.4, -0.2) is 21.1 Å². The van der Waals surface area contributed by atoms with E-state index in [-0.39, 0.29) is 10.9 Å². The van der Waals surface area contributed by atoms with Crippen LogP contribution in [0.15, 0.2) is 23.1 Å². The van der Waals surface area contributed by atoms with Crippen LogP contribution in [0, 0.1) is 5.92 Å². The van der Waals surface area contributed by atoms with Crippen molar-refractivity contribution in [2.45, 2.75) is 56.9 Å². The van der Waals surface area contributed by atoms with Crippen molar-refractivity contribution in [3.05, 3.63) is 23.2 Å². The molecule has 0 radical (unpaired) electrons. The Morgan fingerprint density at radius 3 is 2.73 bits per heavy atom. The first-order valence-electron chi connectivity index (χ1n) is 7.88. The third-order valence-electron chi connectivity index (χ3n) is 4.09. The number of hydrogen-bond donors (Lipinski definition) is 1. The van der Waals surface area contributed by atoms with E-state index in [0.717, 1.165) is 25.7 Å². The van der Waals surface area contributed by atoms with E-state index >= 15 is 0 Å². The van der Waals surface area contributed by atoms with Gasteiger partial charge < -0.3 is 4.74 Å². The minimum Gasteiger partial charge on any atom is -0.492 e. The molecule has 124 valence electrons. The molecular weight excluding hydrogens is 322 g/mol. The van der Waals surface area contributed by atoms with Crippen LogP contribution in [0.25, 0.3) is 0 Å². The second-order valence-corrected chi connectivity index (χ2v) is 8.05. The van der Waals surface area contributed by atoms with Gasteiger partial charge in [0.05, 0.1) is 16.5 Å². The molecule has 1 N–H and O–H groups in total. The number of hydrogen-bond acceptors (Lipinski definition) is 3. The zero-order chi connectivity index (χ0) is 16.2. The van der Waals surface area contributed by atoms with Crippen LogP contribution in [0.3, 0.4) is 0 Å². The van der Waals surface area contributed by atoms with Gasteiger partial charge in [0.25, 0.3) is 0 Å². The lowest BCUT2D eigenvalue weighted by molar-refractivity contribution is 0.310. The smallest absolute Gasteiger partial charge is 0.240 e. The van der Waals surface area contributed by atoms with E-state index in [0.29, 0.717) is 23.3 Å². The zero-order valence-corrected chi connectivity index (χ0v) is 14.7. The van der Waals surface area contributed by atoms with Gasteiger partial charge in [0.15, 0.2) is 0 Å². The maximum Gasteiger partial charge on any atom is 0.240 e. The van der Waals surface area contributed by atoms with Crippen molar-refractivity contribution in [1.29, 1.82) is 0 Å². The monoisotopic (exact) mass is 345 g/mol. The number of benzene rings is 1. The van der Waals surface area contributed by atoms with Crippen LogP contribution in [0.5, 0.6) is 5.75 Å². The van der Waals surface area contributed by atoms with Crippen molar-refractivity contribution in [3.8, 4) is 5.75 Å². The van der Waals surface area contributed by atoms with Gasteiger partial charge in [-0.2, -0.15) is 0 Å². The Balaban J connectivity index is 2.17. The Morgan fingerprint density at radius 2 is 2.05 bits per heavy atom. The highest BCUT2D eigenvalue weighted by molar-refractivity contribution is 7.89. The van der Waals surface area contributed by atoms with Crippen LogP contribution >= 0.6 is 11.6 Å². The molecule has 1 fully saturated rings. The fourth-order valence-electron chi connectivity index (χ4n) is 2.73. The summed E-state index contributed by atoms with van der Waals surface area (Å²) in [6, 6.07) is 4.62. The zero-order valence-electron chi connectivity index (χ0n) is 13.1. The Bertz CT molecular complexity index is 603. The topological polar surface area (TPSA) is 55.4 Å².